The van der Waals surface area contributed by atoms with Gasteiger partial charge in [-0.05, 0) is 91.8 Å². The predicted octanol–water partition coefficient (Wildman–Crippen LogP) is 5.12. The molecule has 1 atom stereocenters. The minimum absolute atomic E-state index is 0.111. The largest absolute Gasteiger partial charge is 0.479 e. The molecule has 0 bridgehead atoms. The minimum Gasteiger partial charge on any atom is -0.479 e. The maximum absolute atomic E-state index is 13.6. The van der Waals surface area contributed by atoms with Crippen LogP contribution in [0.4, 0.5) is 10.5 Å². The Kier molecular flexibility index (Phi) is 9.55. The van der Waals surface area contributed by atoms with E-state index in [0.29, 0.717) is 18.0 Å². The Bertz CT molecular complexity index is 1110. The Labute approximate surface area is 225 Å². The molecule has 0 aliphatic heterocycles. The van der Waals surface area contributed by atoms with Gasteiger partial charge in [0.15, 0.2) is 6.10 Å². The summed E-state index contributed by atoms with van der Waals surface area (Å²) in [5.41, 5.74) is 4.43. The summed E-state index contributed by atoms with van der Waals surface area (Å²) < 4.78 is 0. The van der Waals surface area contributed by atoms with Gasteiger partial charge in [0, 0.05) is 23.8 Å². The molecule has 3 amide bonds. The van der Waals surface area contributed by atoms with Crippen LogP contribution in [0.3, 0.4) is 0 Å². The molecule has 2 aromatic carbocycles. The highest BCUT2D eigenvalue weighted by atomic mass is 16.4. The second-order valence-electron chi connectivity index (χ2n) is 11.6. The van der Waals surface area contributed by atoms with Crippen LogP contribution in [0.1, 0.15) is 73.5 Å². The van der Waals surface area contributed by atoms with E-state index in [2.05, 4.69) is 37.5 Å². The Morgan fingerprint density at radius 1 is 0.974 bits per heavy atom. The highest BCUT2D eigenvalue weighted by Crippen LogP contribution is 2.39. The van der Waals surface area contributed by atoms with E-state index in [1.54, 1.807) is 24.3 Å². The van der Waals surface area contributed by atoms with Crippen LogP contribution in [0.2, 0.25) is 0 Å². The summed E-state index contributed by atoms with van der Waals surface area (Å²) in [6.07, 6.45) is 2.37. The van der Waals surface area contributed by atoms with Crippen LogP contribution < -0.4 is 10.6 Å². The molecular weight excluding hydrogens is 482 g/mol. The van der Waals surface area contributed by atoms with Crippen molar-refractivity contribution in [3.63, 3.8) is 0 Å². The van der Waals surface area contributed by atoms with Gasteiger partial charge >= 0.3 is 12.0 Å². The van der Waals surface area contributed by atoms with Crippen LogP contribution in [0.25, 0.3) is 0 Å². The van der Waals surface area contributed by atoms with Crippen molar-refractivity contribution in [1.82, 2.24) is 10.2 Å². The molecule has 1 aliphatic carbocycles. The number of benzene rings is 2. The van der Waals surface area contributed by atoms with Crippen LogP contribution in [0, 0.1) is 25.2 Å². The molecule has 2 aromatic rings. The van der Waals surface area contributed by atoms with E-state index in [-0.39, 0.29) is 24.0 Å². The number of hydrogen-bond acceptors (Lipinski definition) is 4. The first kappa shape index (κ1) is 29.2. The third kappa shape index (κ3) is 8.05. The first-order valence-corrected chi connectivity index (χ1v) is 13.3. The molecule has 8 nitrogen and oxygen atoms in total. The number of carbonyl (C=O) groups excluding carboxylic acids is 2. The van der Waals surface area contributed by atoms with Gasteiger partial charge in [0.1, 0.15) is 0 Å². The van der Waals surface area contributed by atoms with E-state index >= 15 is 0 Å². The van der Waals surface area contributed by atoms with Crippen molar-refractivity contribution in [3.8, 4) is 0 Å². The van der Waals surface area contributed by atoms with Crippen LogP contribution in [0.15, 0.2) is 42.5 Å². The molecule has 1 fully saturated rings. The Hall–Kier alpha value is -3.39. The molecule has 38 heavy (non-hydrogen) atoms. The summed E-state index contributed by atoms with van der Waals surface area (Å²) in [6, 6.07) is 12.9. The number of aliphatic hydroxyl groups excluding tert-OH is 1. The highest BCUT2D eigenvalue weighted by molar-refractivity contribution is 5.94. The molecule has 0 radical (unpaired) electrons. The zero-order valence-corrected chi connectivity index (χ0v) is 23.1. The van der Waals surface area contributed by atoms with Crippen molar-refractivity contribution in [2.75, 3.05) is 11.9 Å². The number of carbonyl (C=O) groups is 3. The van der Waals surface area contributed by atoms with E-state index in [4.69, 9.17) is 5.11 Å². The van der Waals surface area contributed by atoms with E-state index in [0.717, 1.165) is 48.1 Å². The molecule has 0 heterocycles. The molecule has 1 aliphatic rings. The zero-order valence-electron chi connectivity index (χ0n) is 23.1. The zero-order chi connectivity index (χ0) is 28.0. The number of hydrogen-bond donors (Lipinski definition) is 4. The van der Waals surface area contributed by atoms with E-state index in [1.807, 2.05) is 30.9 Å². The van der Waals surface area contributed by atoms with Gasteiger partial charge in [-0.25, -0.2) is 9.59 Å². The number of nitrogens with zero attached hydrogens (tertiary/aromatic N) is 1. The van der Waals surface area contributed by atoms with Gasteiger partial charge in [0.25, 0.3) is 5.91 Å². The van der Waals surface area contributed by atoms with Crippen LogP contribution in [-0.4, -0.2) is 51.7 Å². The molecule has 3 rings (SSSR count). The number of carboxylic acids is 1. The average Bonchev–Trinajstić information content (AvgIpc) is 2.84. The maximum atomic E-state index is 13.6. The number of carboxylic acid groups (broad SMARTS) is 1. The van der Waals surface area contributed by atoms with Crippen LogP contribution >= 0.6 is 0 Å². The Morgan fingerprint density at radius 3 is 2.08 bits per heavy atom. The molecule has 0 aromatic heterocycles. The first-order valence-electron chi connectivity index (χ1n) is 13.3. The lowest BCUT2D eigenvalue weighted by molar-refractivity contribution is -0.146. The Balaban J connectivity index is 1.74. The lowest BCUT2D eigenvalue weighted by Crippen LogP contribution is -2.45. The van der Waals surface area contributed by atoms with Gasteiger partial charge in [-0.2, -0.15) is 0 Å². The molecule has 0 unspecified atom stereocenters. The third-order valence-corrected chi connectivity index (χ3v) is 7.41. The van der Waals surface area contributed by atoms with E-state index < -0.39 is 18.0 Å². The topological polar surface area (TPSA) is 119 Å². The van der Waals surface area contributed by atoms with Crippen molar-refractivity contribution < 1.29 is 24.6 Å². The number of aliphatic carboxylic acids is 1. The summed E-state index contributed by atoms with van der Waals surface area (Å²) in [6.45, 7) is 10.9. The predicted molar refractivity (Wildman–Crippen MR) is 148 cm³/mol. The van der Waals surface area contributed by atoms with Crippen LogP contribution in [-0.2, 0) is 11.3 Å². The van der Waals surface area contributed by atoms with Crippen molar-refractivity contribution >= 4 is 23.6 Å². The summed E-state index contributed by atoms with van der Waals surface area (Å²) in [7, 11) is 0. The minimum atomic E-state index is -1.66. The van der Waals surface area contributed by atoms with Gasteiger partial charge in [0.05, 0.1) is 6.54 Å². The number of nitrogens with one attached hydrogen (secondary N) is 2. The van der Waals surface area contributed by atoms with Crippen molar-refractivity contribution in [2.24, 2.45) is 11.3 Å². The van der Waals surface area contributed by atoms with Gasteiger partial charge in [-0.3, -0.25) is 4.79 Å². The second kappa shape index (κ2) is 12.4. The molecule has 0 spiro atoms. The smallest absolute Gasteiger partial charge is 0.334 e. The number of aliphatic hydroxyl groups is 1. The van der Waals surface area contributed by atoms with Gasteiger partial charge < -0.3 is 25.7 Å². The lowest BCUT2D eigenvalue weighted by atomic mass is 9.71. The second-order valence-corrected chi connectivity index (χ2v) is 11.6. The number of aryl methyl sites for hydroxylation is 2. The summed E-state index contributed by atoms with van der Waals surface area (Å²) in [5, 5.41) is 23.7. The quantitative estimate of drug-likeness (QED) is 0.383. The molecule has 206 valence electrons. The van der Waals surface area contributed by atoms with E-state index in [9.17, 15) is 19.5 Å². The SMILES string of the molecule is Cc1cc(C)cc(NC(=O)N(Cc2ccc(C(=O)NC[C@@H](O)C(=O)O)cc2)[C@H]2CC[C@H](C(C)(C)C)CC2)c1. The maximum Gasteiger partial charge on any atom is 0.334 e. The van der Waals surface area contributed by atoms with Crippen molar-refractivity contribution in [1.29, 1.82) is 0 Å². The van der Waals surface area contributed by atoms with Crippen molar-refractivity contribution in [3.05, 3.63) is 64.7 Å². The summed E-state index contributed by atoms with van der Waals surface area (Å²) in [5.74, 6) is -1.24. The molecule has 4 N–H and O–H groups in total. The monoisotopic (exact) mass is 523 g/mol. The molecular formula is C30H41N3O5. The summed E-state index contributed by atoms with van der Waals surface area (Å²) in [4.78, 5) is 38.6. The fraction of sp³-hybridized carbons (Fsp3) is 0.500. The first-order chi connectivity index (χ1) is 17.8. The van der Waals surface area contributed by atoms with Gasteiger partial charge in [0.2, 0.25) is 0 Å². The van der Waals surface area contributed by atoms with E-state index in [1.165, 1.54) is 0 Å². The lowest BCUT2D eigenvalue weighted by Gasteiger charge is -2.41. The molecule has 1 saturated carbocycles. The number of amides is 3. The number of rotatable bonds is 8. The molecule has 8 heteroatoms. The van der Waals surface area contributed by atoms with Crippen molar-refractivity contribution in [2.45, 2.75) is 79.0 Å². The highest BCUT2D eigenvalue weighted by Gasteiger charge is 2.33. The Morgan fingerprint density at radius 2 is 1.55 bits per heavy atom. The number of anilines is 1. The fourth-order valence-electron chi connectivity index (χ4n) is 5.20. The van der Waals surface area contributed by atoms with Gasteiger partial charge in [-0.1, -0.05) is 39.0 Å². The fourth-order valence-corrected chi connectivity index (χ4v) is 5.20. The normalized spacial score (nSPS) is 18.4. The van der Waals surface area contributed by atoms with Gasteiger partial charge in [-0.15, -0.1) is 0 Å². The number of urea groups is 1. The summed E-state index contributed by atoms with van der Waals surface area (Å²) >= 11 is 0. The molecule has 0 saturated heterocycles. The standard InChI is InChI=1S/C30H41N3O5/c1-19-14-20(2)16-24(15-19)32-29(38)33(25-12-10-23(11-13-25)30(3,4)5)18-21-6-8-22(9-7-21)27(35)31-17-26(34)28(36)37/h6-9,14-16,23,25-26,34H,10-13,17-18H2,1-5H3,(H,31,35)(H,32,38)(H,36,37)/t23-,25-,26-/m1/s1. The van der Waals surface area contributed by atoms with Crippen LogP contribution in [0.5, 0.6) is 0 Å². The average molecular weight is 524 g/mol. The third-order valence-electron chi connectivity index (χ3n) is 7.41.